The average Bonchev–Trinajstić information content (AvgIpc) is 3.20. The largest absolute Gasteiger partial charge is 0.489 e. The van der Waals surface area contributed by atoms with E-state index in [1.807, 2.05) is 49.4 Å². The molecule has 0 unspecified atom stereocenters. The molecule has 1 aromatic carbocycles. The Morgan fingerprint density at radius 1 is 1.33 bits per heavy atom. The number of hydrogen-bond acceptors (Lipinski definition) is 6. The fraction of sp³-hybridized carbons (Fsp3) is 0.478. The maximum Gasteiger partial charge on any atom is 0.217 e. The molecule has 0 radical (unpaired) electrons. The molecule has 0 spiro atoms. The molecule has 30 heavy (non-hydrogen) atoms. The molecular weight excluding hydrogens is 380 g/mol. The molecule has 2 atom stereocenters. The molecule has 0 saturated carbocycles. The first-order valence-electron chi connectivity index (χ1n) is 10.6. The summed E-state index contributed by atoms with van der Waals surface area (Å²) in [4.78, 5) is 20.3. The van der Waals surface area contributed by atoms with Crippen molar-refractivity contribution >= 4 is 17.5 Å². The second-order valence-electron chi connectivity index (χ2n) is 7.62. The van der Waals surface area contributed by atoms with Gasteiger partial charge in [-0.15, -0.1) is 0 Å². The number of nitrogens with zero attached hydrogens (tertiary/aromatic N) is 3. The zero-order valence-electron chi connectivity index (χ0n) is 18.0. The quantitative estimate of drug-likeness (QED) is 0.660. The second-order valence-corrected chi connectivity index (χ2v) is 7.62. The van der Waals surface area contributed by atoms with Crippen LogP contribution in [0.5, 0.6) is 5.75 Å². The van der Waals surface area contributed by atoms with Crippen LogP contribution in [-0.4, -0.2) is 54.9 Å². The van der Waals surface area contributed by atoms with Crippen LogP contribution < -0.4 is 19.9 Å². The Labute approximate surface area is 178 Å². The monoisotopic (exact) mass is 412 g/mol. The number of nitrogens with one attached hydrogen (secondary N) is 1. The van der Waals surface area contributed by atoms with Gasteiger partial charge in [0.25, 0.3) is 0 Å². The van der Waals surface area contributed by atoms with Crippen molar-refractivity contribution in [3.05, 3.63) is 48.0 Å². The fourth-order valence-corrected chi connectivity index (χ4v) is 3.77. The highest BCUT2D eigenvalue weighted by molar-refractivity contribution is 5.73. The van der Waals surface area contributed by atoms with Crippen LogP contribution in [0.25, 0.3) is 0 Å². The van der Waals surface area contributed by atoms with E-state index in [2.05, 4.69) is 22.0 Å². The van der Waals surface area contributed by atoms with Crippen molar-refractivity contribution in [3.63, 3.8) is 0 Å². The van der Waals surface area contributed by atoms with Gasteiger partial charge < -0.3 is 25.0 Å². The normalized spacial score (nSPS) is 16.9. The lowest BCUT2D eigenvalue weighted by Crippen LogP contribution is -2.29. The molecule has 7 nitrogen and oxygen atoms in total. The number of likely N-dealkylation sites (N-methyl/N-ethyl adjacent to an activating group) is 1. The summed E-state index contributed by atoms with van der Waals surface area (Å²) in [6, 6.07) is 13.9. The number of aromatic nitrogens is 1. The number of carbonyl (C=O) groups excluding carboxylic acids is 1. The van der Waals surface area contributed by atoms with Crippen LogP contribution in [0.4, 0.5) is 11.6 Å². The molecule has 1 fully saturated rings. The number of aliphatic hydroxyl groups is 1. The minimum Gasteiger partial charge on any atom is -0.489 e. The standard InChI is InChI=1S/C23H32N4O3/c1-4-26(14-15-28)22-6-5-7-23(25-22)27-13-12-21(16-27)30-20-10-8-19(9-11-20)17(2)24-18(3)29/h5-11,17,21,28H,4,12-16H2,1-3H3,(H,24,29)/t17-,21+/m0/s1. The highest BCUT2D eigenvalue weighted by Gasteiger charge is 2.25. The van der Waals surface area contributed by atoms with Crippen molar-refractivity contribution in [2.75, 3.05) is 42.6 Å². The molecule has 1 aromatic heterocycles. The number of rotatable bonds is 9. The maximum atomic E-state index is 11.2. The lowest BCUT2D eigenvalue weighted by molar-refractivity contribution is -0.119. The number of hydrogen-bond donors (Lipinski definition) is 2. The Hall–Kier alpha value is -2.80. The summed E-state index contributed by atoms with van der Waals surface area (Å²) in [5.74, 6) is 2.62. The van der Waals surface area contributed by atoms with Crippen molar-refractivity contribution < 1.29 is 14.6 Å². The van der Waals surface area contributed by atoms with E-state index in [9.17, 15) is 9.90 Å². The maximum absolute atomic E-state index is 11.2. The Morgan fingerprint density at radius 3 is 2.77 bits per heavy atom. The molecule has 2 N–H and O–H groups in total. The van der Waals surface area contributed by atoms with E-state index in [0.717, 1.165) is 49.0 Å². The van der Waals surface area contributed by atoms with Gasteiger partial charge in [-0.05, 0) is 43.7 Å². The summed E-state index contributed by atoms with van der Waals surface area (Å²) >= 11 is 0. The number of anilines is 2. The Kier molecular flexibility index (Phi) is 7.52. The first-order valence-corrected chi connectivity index (χ1v) is 10.6. The van der Waals surface area contributed by atoms with Crippen LogP contribution in [0.2, 0.25) is 0 Å². The van der Waals surface area contributed by atoms with Crippen LogP contribution in [0.15, 0.2) is 42.5 Å². The Balaban J connectivity index is 1.59. The van der Waals surface area contributed by atoms with Crippen molar-refractivity contribution in [1.82, 2.24) is 10.3 Å². The molecule has 0 aliphatic carbocycles. The van der Waals surface area contributed by atoms with Gasteiger partial charge in [0.15, 0.2) is 0 Å². The van der Waals surface area contributed by atoms with Gasteiger partial charge in [0.05, 0.1) is 19.2 Å². The van der Waals surface area contributed by atoms with Crippen LogP contribution in [0.3, 0.4) is 0 Å². The van der Waals surface area contributed by atoms with Gasteiger partial charge in [-0.2, -0.15) is 0 Å². The molecule has 162 valence electrons. The molecule has 7 heteroatoms. The van der Waals surface area contributed by atoms with Crippen molar-refractivity contribution in [2.24, 2.45) is 0 Å². The summed E-state index contributed by atoms with van der Waals surface area (Å²) in [6.07, 6.45) is 1.04. The van der Waals surface area contributed by atoms with E-state index >= 15 is 0 Å². The number of carbonyl (C=O) groups is 1. The third-order valence-electron chi connectivity index (χ3n) is 5.37. The zero-order chi connectivity index (χ0) is 21.5. The number of benzene rings is 1. The van der Waals surface area contributed by atoms with Crippen LogP contribution in [-0.2, 0) is 4.79 Å². The van der Waals surface area contributed by atoms with Gasteiger partial charge in [-0.1, -0.05) is 18.2 Å². The minimum absolute atomic E-state index is 0.0228. The molecule has 1 aliphatic heterocycles. The van der Waals surface area contributed by atoms with Gasteiger partial charge in [0, 0.05) is 33.0 Å². The average molecular weight is 413 g/mol. The number of amides is 1. The molecule has 1 aliphatic rings. The molecule has 0 bridgehead atoms. The van der Waals surface area contributed by atoms with Gasteiger partial charge in [-0.25, -0.2) is 4.98 Å². The summed E-state index contributed by atoms with van der Waals surface area (Å²) < 4.78 is 6.18. The van der Waals surface area contributed by atoms with E-state index in [0.29, 0.717) is 6.54 Å². The van der Waals surface area contributed by atoms with E-state index in [1.165, 1.54) is 6.92 Å². The predicted octanol–water partition coefficient (Wildman–Crippen LogP) is 2.76. The lowest BCUT2D eigenvalue weighted by atomic mass is 10.1. The Morgan fingerprint density at radius 2 is 2.10 bits per heavy atom. The molecule has 2 heterocycles. The predicted molar refractivity (Wildman–Crippen MR) is 119 cm³/mol. The fourth-order valence-electron chi connectivity index (χ4n) is 3.77. The van der Waals surface area contributed by atoms with E-state index in [-0.39, 0.29) is 24.7 Å². The third-order valence-corrected chi connectivity index (χ3v) is 5.37. The van der Waals surface area contributed by atoms with Gasteiger partial charge in [0.2, 0.25) is 5.91 Å². The molecular formula is C23H32N4O3. The van der Waals surface area contributed by atoms with Crippen LogP contribution >= 0.6 is 0 Å². The zero-order valence-corrected chi connectivity index (χ0v) is 18.0. The van der Waals surface area contributed by atoms with Crippen molar-refractivity contribution in [1.29, 1.82) is 0 Å². The number of pyridine rings is 1. The highest BCUT2D eigenvalue weighted by Crippen LogP contribution is 2.25. The van der Waals surface area contributed by atoms with E-state index in [4.69, 9.17) is 9.72 Å². The van der Waals surface area contributed by atoms with Gasteiger partial charge in [0.1, 0.15) is 23.5 Å². The lowest BCUT2D eigenvalue weighted by Gasteiger charge is -2.24. The first-order chi connectivity index (χ1) is 14.5. The number of ether oxygens (including phenoxy) is 1. The summed E-state index contributed by atoms with van der Waals surface area (Å²) in [7, 11) is 0. The molecule has 1 amide bonds. The summed E-state index contributed by atoms with van der Waals surface area (Å²) in [5.41, 5.74) is 1.05. The van der Waals surface area contributed by atoms with E-state index < -0.39 is 0 Å². The smallest absolute Gasteiger partial charge is 0.217 e. The molecule has 1 saturated heterocycles. The van der Waals surface area contributed by atoms with Crippen molar-refractivity contribution in [2.45, 2.75) is 39.3 Å². The van der Waals surface area contributed by atoms with Gasteiger partial charge in [-0.3, -0.25) is 4.79 Å². The summed E-state index contributed by atoms with van der Waals surface area (Å²) in [5, 5.41) is 12.1. The SMILES string of the molecule is CCN(CCO)c1cccc(N2CC[C@@H](Oc3ccc([C@H](C)NC(C)=O)cc3)C2)n1. The number of aliphatic hydroxyl groups excluding tert-OH is 1. The van der Waals surface area contributed by atoms with Gasteiger partial charge >= 0.3 is 0 Å². The van der Waals surface area contributed by atoms with E-state index in [1.54, 1.807) is 0 Å². The van der Waals surface area contributed by atoms with Crippen molar-refractivity contribution in [3.8, 4) is 5.75 Å². The third kappa shape index (κ3) is 5.63. The first kappa shape index (κ1) is 21.9. The molecule has 3 rings (SSSR count). The second kappa shape index (κ2) is 10.3. The van der Waals surface area contributed by atoms with Crippen LogP contribution in [0, 0.1) is 0 Å². The minimum atomic E-state index is -0.0371. The highest BCUT2D eigenvalue weighted by atomic mass is 16.5. The Bertz CT molecular complexity index is 827. The van der Waals surface area contributed by atoms with Crippen LogP contribution in [0.1, 0.15) is 38.8 Å². The summed E-state index contributed by atoms with van der Waals surface area (Å²) in [6.45, 7) is 8.73. The topological polar surface area (TPSA) is 77.9 Å². The molecule has 2 aromatic rings.